The standard InChI is InChI=1S/C5H5Br2NO2/c1-5(7,2-6)4(10)8-3-9/h2H2,1H3. The van der Waals surface area contributed by atoms with Gasteiger partial charge >= 0.3 is 0 Å². The van der Waals surface area contributed by atoms with Gasteiger partial charge in [0.15, 0.2) is 0 Å². The lowest BCUT2D eigenvalue weighted by Crippen LogP contribution is -2.28. The maximum Gasteiger partial charge on any atom is 0.273 e. The summed E-state index contributed by atoms with van der Waals surface area (Å²) in [7, 11) is 0. The van der Waals surface area contributed by atoms with Gasteiger partial charge in [0.25, 0.3) is 5.91 Å². The van der Waals surface area contributed by atoms with Crippen LogP contribution >= 0.6 is 31.9 Å². The molecule has 0 radical (unpaired) electrons. The smallest absolute Gasteiger partial charge is 0.270 e. The fourth-order valence-corrected chi connectivity index (χ4v) is 0.544. The maximum absolute atomic E-state index is 10.8. The lowest BCUT2D eigenvalue weighted by molar-refractivity contribution is -0.118. The molecule has 56 valence electrons. The van der Waals surface area contributed by atoms with Gasteiger partial charge in [-0.1, -0.05) is 31.9 Å². The summed E-state index contributed by atoms with van der Waals surface area (Å²) in [4.78, 5) is 23.4. The monoisotopic (exact) mass is 269 g/mol. The van der Waals surface area contributed by atoms with Crippen LogP contribution in [0.2, 0.25) is 0 Å². The number of carbonyl (C=O) groups excluding carboxylic acids is 2. The van der Waals surface area contributed by atoms with Gasteiger partial charge in [0.1, 0.15) is 4.32 Å². The van der Waals surface area contributed by atoms with Crippen molar-refractivity contribution in [1.82, 2.24) is 0 Å². The highest BCUT2D eigenvalue weighted by Crippen LogP contribution is 2.21. The van der Waals surface area contributed by atoms with Gasteiger partial charge in [0, 0.05) is 5.33 Å². The SMILES string of the molecule is CC(Br)(CBr)C(=O)N=C=O. The van der Waals surface area contributed by atoms with Crippen LogP contribution in [-0.4, -0.2) is 21.6 Å². The van der Waals surface area contributed by atoms with Crippen LogP contribution in [0, 0.1) is 0 Å². The molecule has 0 saturated heterocycles. The predicted octanol–water partition coefficient (Wildman–Crippen LogP) is 1.40. The molecule has 0 rings (SSSR count). The largest absolute Gasteiger partial charge is 0.273 e. The minimum atomic E-state index is -0.787. The molecule has 0 aliphatic rings. The van der Waals surface area contributed by atoms with Crippen LogP contribution in [0.3, 0.4) is 0 Å². The molecule has 0 heterocycles. The third-order valence-electron chi connectivity index (χ3n) is 0.844. The Kier molecular flexibility index (Phi) is 4.01. The van der Waals surface area contributed by atoms with Crippen LogP contribution in [0.1, 0.15) is 6.92 Å². The Morgan fingerprint density at radius 3 is 2.60 bits per heavy atom. The highest BCUT2D eigenvalue weighted by Gasteiger charge is 2.28. The van der Waals surface area contributed by atoms with E-state index in [0.717, 1.165) is 0 Å². The van der Waals surface area contributed by atoms with Crippen molar-refractivity contribution in [1.29, 1.82) is 0 Å². The molecular weight excluding hydrogens is 266 g/mol. The summed E-state index contributed by atoms with van der Waals surface area (Å²) in [5, 5.41) is 0.407. The second-order valence-electron chi connectivity index (χ2n) is 1.84. The van der Waals surface area contributed by atoms with E-state index in [2.05, 4.69) is 36.9 Å². The molecule has 0 aromatic rings. The maximum atomic E-state index is 10.8. The van der Waals surface area contributed by atoms with E-state index in [9.17, 15) is 9.59 Å². The zero-order chi connectivity index (χ0) is 8.20. The van der Waals surface area contributed by atoms with Crippen molar-refractivity contribution in [3.63, 3.8) is 0 Å². The van der Waals surface area contributed by atoms with E-state index >= 15 is 0 Å². The first-order valence-electron chi connectivity index (χ1n) is 2.42. The number of carbonyl (C=O) groups is 1. The number of amides is 1. The normalized spacial score (nSPS) is 15.1. The van der Waals surface area contributed by atoms with E-state index in [1.165, 1.54) is 6.08 Å². The Balaban J connectivity index is 4.32. The zero-order valence-corrected chi connectivity index (χ0v) is 8.40. The molecule has 0 bridgehead atoms. The van der Waals surface area contributed by atoms with Gasteiger partial charge in [0.05, 0.1) is 0 Å². The first-order valence-corrected chi connectivity index (χ1v) is 4.33. The topological polar surface area (TPSA) is 46.5 Å². The summed E-state index contributed by atoms with van der Waals surface area (Å²) in [6, 6.07) is 0. The summed E-state index contributed by atoms with van der Waals surface area (Å²) < 4.78 is -0.787. The summed E-state index contributed by atoms with van der Waals surface area (Å²) >= 11 is 6.16. The number of hydrogen-bond donors (Lipinski definition) is 0. The quantitative estimate of drug-likeness (QED) is 0.433. The Labute approximate surface area is 75.2 Å². The average molecular weight is 271 g/mol. The molecule has 3 nitrogen and oxygen atoms in total. The van der Waals surface area contributed by atoms with Crippen molar-refractivity contribution < 1.29 is 9.59 Å². The van der Waals surface area contributed by atoms with E-state index in [1.54, 1.807) is 6.92 Å². The van der Waals surface area contributed by atoms with Crippen molar-refractivity contribution in [2.75, 3.05) is 5.33 Å². The lowest BCUT2D eigenvalue weighted by atomic mass is 10.2. The number of hydrogen-bond acceptors (Lipinski definition) is 2. The van der Waals surface area contributed by atoms with Crippen LogP contribution in [0.25, 0.3) is 0 Å². The number of nitrogens with zero attached hydrogens (tertiary/aromatic N) is 1. The lowest BCUT2D eigenvalue weighted by Gasteiger charge is -2.11. The fraction of sp³-hybridized carbons (Fsp3) is 0.600. The van der Waals surface area contributed by atoms with Crippen LogP contribution in [-0.2, 0) is 9.59 Å². The molecule has 10 heavy (non-hydrogen) atoms. The Morgan fingerprint density at radius 1 is 1.80 bits per heavy atom. The number of halogens is 2. The van der Waals surface area contributed by atoms with Gasteiger partial charge in [-0.25, -0.2) is 4.79 Å². The van der Waals surface area contributed by atoms with E-state index in [1.807, 2.05) is 0 Å². The van der Waals surface area contributed by atoms with E-state index in [-0.39, 0.29) is 0 Å². The average Bonchev–Trinajstić information content (AvgIpc) is 1.89. The summed E-state index contributed by atoms with van der Waals surface area (Å²) in [5.41, 5.74) is 0. The third-order valence-corrected chi connectivity index (χ3v) is 3.34. The summed E-state index contributed by atoms with van der Waals surface area (Å²) in [6.45, 7) is 1.62. The van der Waals surface area contributed by atoms with Crippen molar-refractivity contribution in [3.8, 4) is 0 Å². The van der Waals surface area contributed by atoms with Crippen molar-refractivity contribution in [2.45, 2.75) is 11.2 Å². The second-order valence-corrected chi connectivity index (χ2v) is 4.15. The Hall–Kier alpha value is 0.01000. The van der Waals surface area contributed by atoms with Crippen LogP contribution in [0.4, 0.5) is 0 Å². The molecule has 1 amide bonds. The molecule has 1 unspecified atom stereocenters. The highest BCUT2D eigenvalue weighted by molar-refractivity contribution is 9.12. The number of alkyl halides is 2. The zero-order valence-electron chi connectivity index (χ0n) is 5.23. The predicted molar refractivity (Wildman–Crippen MR) is 44.3 cm³/mol. The highest BCUT2D eigenvalue weighted by atomic mass is 79.9. The Bertz CT molecular complexity index is 184. The molecular formula is C5H5Br2NO2. The summed E-state index contributed by atoms with van der Waals surface area (Å²) in [6.07, 6.45) is 1.18. The number of aliphatic imine (C=N–C) groups is 1. The van der Waals surface area contributed by atoms with Gasteiger partial charge in [-0.3, -0.25) is 4.79 Å². The van der Waals surface area contributed by atoms with Crippen molar-refractivity contribution in [2.24, 2.45) is 4.99 Å². The van der Waals surface area contributed by atoms with Gasteiger partial charge in [-0.05, 0) is 6.92 Å². The molecule has 0 aromatic carbocycles. The molecule has 5 heteroatoms. The molecule has 0 spiro atoms. The van der Waals surface area contributed by atoms with Crippen molar-refractivity contribution >= 4 is 43.8 Å². The first-order chi connectivity index (χ1) is 4.54. The molecule has 0 aromatic heterocycles. The molecule has 0 N–H and O–H groups in total. The van der Waals surface area contributed by atoms with Gasteiger partial charge in [-0.15, -0.1) is 4.99 Å². The van der Waals surface area contributed by atoms with Crippen molar-refractivity contribution in [3.05, 3.63) is 0 Å². The van der Waals surface area contributed by atoms with Gasteiger partial charge in [-0.2, -0.15) is 0 Å². The van der Waals surface area contributed by atoms with Crippen LogP contribution < -0.4 is 0 Å². The third kappa shape index (κ3) is 2.73. The second kappa shape index (κ2) is 4.01. The van der Waals surface area contributed by atoms with E-state index < -0.39 is 10.2 Å². The van der Waals surface area contributed by atoms with Gasteiger partial charge < -0.3 is 0 Å². The molecule has 1 atom stereocenters. The van der Waals surface area contributed by atoms with Gasteiger partial charge in [0.2, 0.25) is 6.08 Å². The minimum absolute atomic E-state index is 0.407. The Morgan fingerprint density at radius 2 is 2.30 bits per heavy atom. The molecule has 0 fully saturated rings. The molecule has 0 saturated carbocycles. The van der Waals surface area contributed by atoms with Crippen LogP contribution in [0.15, 0.2) is 4.99 Å². The number of rotatable bonds is 2. The first kappa shape index (κ1) is 10.0. The minimum Gasteiger partial charge on any atom is -0.270 e. The fourth-order valence-electron chi connectivity index (χ4n) is 0.215. The number of isocyanates is 1. The van der Waals surface area contributed by atoms with E-state index in [0.29, 0.717) is 5.33 Å². The molecule has 0 aliphatic carbocycles. The van der Waals surface area contributed by atoms with E-state index in [4.69, 9.17) is 0 Å². The summed E-state index contributed by atoms with van der Waals surface area (Å²) in [5.74, 6) is -0.528. The molecule has 0 aliphatic heterocycles. The van der Waals surface area contributed by atoms with Crippen LogP contribution in [0.5, 0.6) is 0 Å².